The van der Waals surface area contributed by atoms with Crippen molar-refractivity contribution in [1.29, 1.82) is 0 Å². The zero-order valence-electron chi connectivity index (χ0n) is 19.1. The maximum absolute atomic E-state index is 5.21. The number of aromatic nitrogens is 1. The standard InChI is InChI=1S/C22H38N6OS.HI/c1-19-16-20(25-29-19)17-26-8-10-27(11-9-26)21(23-2)24-18-22(6-4-3-5-7-22)28-12-14-30-15-13-28;/h16H,3-15,17-18H2,1-2H3,(H,23,24);1H. The lowest BCUT2D eigenvalue weighted by molar-refractivity contribution is 0.0615. The normalized spacial score (nSPS) is 23.4. The second kappa shape index (κ2) is 12.1. The highest BCUT2D eigenvalue weighted by molar-refractivity contribution is 14.0. The number of hydrogen-bond acceptors (Lipinski definition) is 6. The molecule has 3 fully saturated rings. The van der Waals surface area contributed by atoms with Crippen LogP contribution in [0.5, 0.6) is 0 Å². The quantitative estimate of drug-likeness (QED) is 0.337. The van der Waals surface area contributed by atoms with Crippen LogP contribution in [0.2, 0.25) is 0 Å². The summed E-state index contributed by atoms with van der Waals surface area (Å²) >= 11 is 2.11. The molecule has 0 spiro atoms. The summed E-state index contributed by atoms with van der Waals surface area (Å²) in [5.74, 6) is 4.52. The molecule has 31 heavy (non-hydrogen) atoms. The van der Waals surface area contributed by atoms with Gasteiger partial charge in [-0.05, 0) is 19.8 Å². The molecule has 0 bridgehead atoms. The van der Waals surface area contributed by atoms with Crippen molar-refractivity contribution in [3.05, 3.63) is 17.5 Å². The molecule has 3 aliphatic rings. The van der Waals surface area contributed by atoms with Gasteiger partial charge in [0.25, 0.3) is 0 Å². The van der Waals surface area contributed by atoms with E-state index in [0.29, 0.717) is 5.54 Å². The average Bonchev–Trinajstić information content (AvgIpc) is 3.21. The third-order valence-electron chi connectivity index (χ3n) is 6.99. The molecule has 7 nitrogen and oxygen atoms in total. The predicted molar refractivity (Wildman–Crippen MR) is 140 cm³/mol. The molecule has 3 heterocycles. The number of aryl methyl sites for hydroxylation is 1. The molecule has 0 atom stereocenters. The van der Waals surface area contributed by atoms with Gasteiger partial charge < -0.3 is 14.7 Å². The number of halogens is 1. The Kier molecular flexibility index (Phi) is 9.79. The van der Waals surface area contributed by atoms with E-state index in [4.69, 9.17) is 4.52 Å². The monoisotopic (exact) mass is 562 g/mol. The van der Waals surface area contributed by atoms with E-state index in [1.165, 1.54) is 56.7 Å². The lowest BCUT2D eigenvalue weighted by Gasteiger charge is -2.49. The fraction of sp³-hybridized carbons (Fsp3) is 0.818. The first kappa shape index (κ1) is 25.1. The number of piperazine rings is 1. The van der Waals surface area contributed by atoms with Crippen LogP contribution in [0.15, 0.2) is 15.6 Å². The molecule has 1 aromatic rings. The van der Waals surface area contributed by atoms with E-state index >= 15 is 0 Å². The summed E-state index contributed by atoms with van der Waals surface area (Å²) in [6.07, 6.45) is 6.78. The predicted octanol–water partition coefficient (Wildman–Crippen LogP) is 3.05. The summed E-state index contributed by atoms with van der Waals surface area (Å²) in [6, 6.07) is 2.04. The highest BCUT2D eigenvalue weighted by Gasteiger charge is 2.38. The van der Waals surface area contributed by atoms with Crippen molar-refractivity contribution >= 4 is 41.7 Å². The Labute approximate surface area is 208 Å². The van der Waals surface area contributed by atoms with Crippen LogP contribution in [0.3, 0.4) is 0 Å². The van der Waals surface area contributed by atoms with Gasteiger partial charge in [0.1, 0.15) is 5.76 Å². The number of nitrogens with zero attached hydrogens (tertiary/aromatic N) is 5. The van der Waals surface area contributed by atoms with E-state index < -0.39 is 0 Å². The van der Waals surface area contributed by atoms with Crippen LogP contribution in [-0.4, -0.2) is 95.7 Å². The fourth-order valence-corrected chi connectivity index (χ4v) is 6.17. The molecule has 1 N–H and O–H groups in total. The SMILES string of the molecule is CN=C(NCC1(N2CCSCC2)CCCCC1)N1CCN(Cc2cc(C)on2)CC1.I. The molecule has 9 heteroatoms. The topological polar surface area (TPSA) is 60.1 Å². The lowest BCUT2D eigenvalue weighted by Crippen LogP contribution is -2.61. The van der Waals surface area contributed by atoms with Gasteiger partial charge in [-0.15, -0.1) is 24.0 Å². The highest BCUT2D eigenvalue weighted by atomic mass is 127. The molecule has 2 saturated heterocycles. The Balaban J connectivity index is 0.00000272. The molecular weight excluding hydrogens is 523 g/mol. The van der Waals surface area contributed by atoms with Crippen LogP contribution in [0.4, 0.5) is 0 Å². The van der Waals surface area contributed by atoms with Crippen molar-refractivity contribution < 1.29 is 4.52 Å². The lowest BCUT2D eigenvalue weighted by atomic mass is 9.80. The van der Waals surface area contributed by atoms with Gasteiger partial charge in [-0.3, -0.25) is 14.8 Å². The molecule has 0 radical (unpaired) electrons. The average molecular weight is 563 g/mol. The first-order valence-electron chi connectivity index (χ1n) is 11.6. The summed E-state index contributed by atoms with van der Waals surface area (Å²) in [6.45, 7) is 10.4. The smallest absolute Gasteiger partial charge is 0.193 e. The molecule has 2 aliphatic heterocycles. The van der Waals surface area contributed by atoms with Gasteiger partial charge in [0.05, 0.1) is 5.69 Å². The van der Waals surface area contributed by atoms with Crippen LogP contribution in [0.1, 0.15) is 43.6 Å². The Bertz CT molecular complexity index is 694. The van der Waals surface area contributed by atoms with E-state index in [1.54, 1.807) is 0 Å². The molecule has 4 rings (SSSR count). The third kappa shape index (κ3) is 6.51. The van der Waals surface area contributed by atoms with Gasteiger partial charge in [-0.25, -0.2) is 0 Å². The van der Waals surface area contributed by atoms with Crippen molar-refractivity contribution in [3.8, 4) is 0 Å². The number of nitrogens with one attached hydrogen (secondary N) is 1. The molecular formula is C22H39IN6OS. The van der Waals surface area contributed by atoms with Crippen LogP contribution in [0, 0.1) is 6.92 Å². The van der Waals surface area contributed by atoms with Crippen LogP contribution in [0.25, 0.3) is 0 Å². The molecule has 0 unspecified atom stereocenters. The third-order valence-corrected chi connectivity index (χ3v) is 7.93. The molecule has 0 amide bonds. The Morgan fingerprint density at radius 2 is 1.84 bits per heavy atom. The summed E-state index contributed by atoms with van der Waals surface area (Å²) in [5, 5.41) is 7.94. The molecule has 1 aromatic heterocycles. The van der Waals surface area contributed by atoms with E-state index in [0.717, 1.165) is 56.7 Å². The van der Waals surface area contributed by atoms with Gasteiger partial charge in [-0.2, -0.15) is 11.8 Å². The number of guanidine groups is 1. The number of hydrogen-bond donors (Lipinski definition) is 1. The second-order valence-electron chi connectivity index (χ2n) is 8.98. The van der Waals surface area contributed by atoms with Gasteiger partial charge in [0, 0.05) is 82.5 Å². The largest absolute Gasteiger partial charge is 0.361 e. The maximum atomic E-state index is 5.21. The molecule has 176 valence electrons. The van der Waals surface area contributed by atoms with Crippen molar-refractivity contribution in [2.45, 2.75) is 51.1 Å². The van der Waals surface area contributed by atoms with Crippen molar-refractivity contribution in [1.82, 2.24) is 25.2 Å². The molecule has 1 aliphatic carbocycles. The summed E-state index contributed by atoms with van der Waals surface area (Å²) in [4.78, 5) is 12.3. The fourth-order valence-electron chi connectivity index (χ4n) is 5.27. The van der Waals surface area contributed by atoms with Gasteiger partial charge in [-0.1, -0.05) is 24.4 Å². The number of thioether (sulfide) groups is 1. The first-order chi connectivity index (χ1) is 14.7. The van der Waals surface area contributed by atoms with Crippen molar-refractivity contribution in [3.63, 3.8) is 0 Å². The number of rotatable bonds is 5. The van der Waals surface area contributed by atoms with Gasteiger partial charge in [0.15, 0.2) is 5.96 Å². The summed E-state index contributed by atoms with van der Waals surface area (Å²) in [7, 11) is 1.93. The van der Waals surface area contributed by atoms with E-state index in [1.807, 2.05) is 20.0 Å². The van der Waals surface area contributed by atoms with Gasteiger partial charge >= 0.3 is 0 Å². The Morgan fingerprint density at radius 1 is 1.13 bits per heavy atom. The molecule has 1 saturated carbocycles. The minimum absolute atomic E-state index is 0. The Morgan fingerprint density at radius 3 is 2.45 bits per heavy atom. The Hall–Kier alpha value is -0.520. The highest BCUT2D eigenvalue weighted by Crippen LogP contribution is 2.34. The van der Waals surface area contributed by atoms with Crippen molar-refractivity contribution in [2.24, 2.45) is 4.99 Å². The van der Waals surface area contributed by atoms with E-state index in [-0.39, 0.29) is 24.0 Å². The zero-order valence-corrected chi connectivity index (χ0v) is 22.3. The van der Waals surface area contributed by atoms with Crippen LogP contribution >= 0.6 is 35.7 Å². The summed E-state index contributed by atoms with van der Waals surface area (Å²) in [5.41, 5.74) is 1.35. The maximum Gasteiger partial charge on any atom is 0.193 e. The zero-order chi connectivity index (χ0) is 20.8. The summed E-state index contributed by atoms with van der Waals surface area (Å²) < 4.78 is 5.21. The second-order valence-corrected chi connectivity index (χ2v) is 10.2. The number of aliphatic imine (C=N–C) groups is 1. The van der Waals surface area contributed by atoms with Gasteiger partial charge in [0.2, 0.25) is 0 Å². The van der Waals surface area contributed by atoms with Crippen LogP contribution in [-0.2, 0) is 6.54 Å². The minimum Gasteiger partial charge on any atom is -0.361 e. The van der Waals surface area contributed by atoms with Crippen molar-refractivity contribution in [2.75, 3.05) is 64.4 Å². The van der Waals surface area contributed by atoms with E-state index in [2.05, 4.69) is 41.9 Å². The first-order valence-corrected chi connectivity index (χ1v) is 12.8. The van der Waals surface area contributed by atoms with E-state index in [9.17, 15) is 0 Å². The minimum atomic E-state index is 0. The molecule has 0 aromatic carbocycles. The van der Waals surface area contributed by atoms with Crippen LogP contribution < -0.4 is 5.32 Å².